The molecule has 2 fully saturated rings. The van der Waals surface area contributed by atoms with Crippen LogP contribution in [0.25, 0.3) is 5.32 Å². The Morgan fingerprint density at radius 2 is 2.05 bits per heavy atom. The van der Waals surface area contributed by atoms with Crippen LogP contribution >= 0.6 is 11.8 Å². The Balaban J connectivity index is 0.000000270. The number of ether oxygens (including phenoxy) is 1. The van der Waals surface area contributed by atoms with Gasteiger partial charge < -0.3 is 15.0 Å². The van der Waals surface area contributed by atoms with Crippen LogP contribution < -0.4 is 0 Å². The van der Waals surface area contributed by atoms with E-state index in [2.05, 4.69) is 54.7 Å². The largest absolute Gasteiger partial charge is 3.00 e. The predicted molar refractivity (Wildman–Crippen MR) is 179 cm³/mol. The van der Waals surface area contributed by atoms with Crippen molar-refractivity contribution in [1.29, 1.82) is 0 Å². The molecule has 0 saturated carbocycles. The Kier molecular flexibility index (Phi) is 8.91. The number of aliphatic imine (C=N–C) groups is 2. The van der Waals surface area contributed by atoms with E-state index in [1.807, 2.05) is 20.8 Å². The molecule has 0 amide bonds. The van der Waals surface area contributed by atoms with Crippen molar-refractivity contribution in [2.24, 2.45) is 39.1 Å². The van der Waals surface area contributed by atoms with Gasteiger partial charge in [0, 0.05) is 23.7 Å². The summed E-state index contributed by atoms with van der Waals surface area (Å²) in [5, 5.41) is 5.39. The van der Waals surface area contributed by atoms with Crippen molar-refractivity contribution >= 4 is 23.7 Å². The number of nitrogens with zero attached hydrogens (tertiary/aromatic N) is 3. The summed E-state index contributed by atoms with van der Waals surface area (Å²) >= 11 is 1.78. The molecule has 7 aliphatic rings. The van der Waals surface area contributed by atoms with Gasteiger partial charge in [0.25, 0.3) is 0 Å². The number of hydrogen-bond donors (Lipinski definition) is 0. The first-order valence-corrected chi connectivity index (χ1v) is 17.3. The fourth-order valence-corrected chi connectivity index (χ4v) is 8.81. The second-order valence-corrected chi connectivity index (χ2v) is 15.6. The van der Waals surface area contributed by atoms with Crippen LogP contribution in [0.15, 0.2) is 50.3 Å². The monoisotopic (exact) mass is 784 g/mol. The molecule has 3 unspecified atom stereocenters. The van der Waals surface area contributed by atoms with Crippen molar-refractivity contribution in [3.63, 3.8) is 0 Å². The van der Waals surface area contributed by atoms with Crippen LogP contribution in [0, 0.1) is 41.6 Å². The third-order valence-electron chi connectivity index (χ3n) is 9.54. The number of thioether (sulfide) groups is 1. The Labute approximate surface area is 286 Å². The molecule has 236 valence electrons. The molecule has 5 heterocycles. The fourth-order valence-electron chi connectivity index (χ4n) is 7.41. The van der Waals surface area contributed by atoms with E-state index in [0.29, 0.717) is 24.0 Å². The van der Waals surface area contributed by atoms with Crippen molar-refractivity contribution in [2.45, 2.75) is 135 Å². The zero-order chi connectivity index (χ0) is 33.7. The molecule has 4 nitrogen and oxygen atoms in total. The fraction of sp³-hybridized carbons (Fsp3) is 0.703. The number of fused-ring (bicyclic) bond motifs is 4. The van der Waals surface area contributed by atoms with Crippen molar-refractivity contribution < 1.29 is 31.7 Å². The minimum atomic E-state index is -2.14. The first-order chi connectivity index (χ1) is 22.1. The molecule has 2 saturated heterocycles. The summed E-state index contributed by atoms with van der Waals surface area (Å²) in [4.78, 5) is 9.01. The standard InChI is InChI=1S/C25H36N2OS.C12H16N.Ir/c1-14-9-10-17-16-7-6-8-19(22(16)28-23(17)26-14)21-12-11-18-20(13-25(3,4)5)15(2)29-24(18)27-21;1-10-7-8-12(13-9-10)11-5-3-2-4-6-11;/h8,11,15-17,20-21,23-24H,6-7,9-10,12-13H2,1-5H3;8-10H,2-5,7H2,1H3;/q-2;-1;+3/t15-,16?,17?,20+,21-,23?,24-;10-;/m10./s1/i1D3,13D2;;. The Morgan fingerprint density at radius 1 is 1.19 bits per heavy atom. The molecule has 43 heavy (non-hydrogen) atoms. The maximum Gasteiger partial charge on any atom is 3.00 e. The van der Waals surface area contributed by atoms with E-state index in [-0.39, 0.29) is 54.8 Å². The number of allylic oxidation sites excluding steroid dienone is 4. The van der Waals surface area contributed by atoms with Gasteiger partial charge in [-0.15, -0.1) is 25.0 Å². The minimum absolute atomic E-state index is 0. The Morgan fingerprint density at radius 3 is 2.77 bits per heavy atom. The number of hydrogen-bond acceptors (Lipinski definition) is 4. The molecule has 5 aliphatic heterocycles. The van der Waals surface area contributed by atoms with Crippen molar-refractivity contribution in [3.8, 4) is 0 Å². The summed E-state index contributed by atoms with van der Waals surface area (Å²) in [6.07, 6.45) is 20.8. The molecule has 2 aliphatic carbocycles. The van der Waals surface area contributed by atoms with Gasteiger partial charge in [0.1, 0.15) is 0 Å². The summed E-state index contributed by atoms with van der Waals surface area (Å²) in [5.74, 6) is 2.02. The van der Waals surface area contributed by atoms with E-state index >= 15 is 0 Å². The van der Waals surface area contributed by atoms with Gasteiger partial charge >= 0.3 is 20.1 Å². The van der Waals surface area contributed by atoms with Gasteiger partial charge in [0.15, 0.2) is 6.23 Å². The maximum atomic E-state index is 8.91. The third-order valence-corrected chi connectivity index (χ3v) is 10.9. The van der Waals surface area contributed by atoms with Crippen LogP contribution in [0.2, 0.25) is 0 Å². The van der Waals surface area contributed by atoms with Crippen LogP contribution in [-0.4, -0.2) is 34.8 Å². The first kappa shape index (κ1) is 27.1. The molecule has 0 spiro atoms. The van der Waals surface area contributed by atoms with E-state index in [9.17, 15) is 0 Å². The van der Waals surface area contributed by atoms with Gasteiger partial charge in [-0.2, -0.15) is 22.9 Å². The van der Waals surface area contributed by atoms with Crippen LogP contribution in [-0.2, 0) is 24.8 Å². The molecule has 8 atom stereocenters. The van der Waals surface area contributed by atoms with E-state index in [1.54, 1.807) is 11.8 Å². The summed E-state index contributed by atoms with van der Waals surface area (Å²) in [6.45, 7) is 8.16. The Hall–Kier alpha value is -1.07. The smallest absolute Gasteiger partial charge is 0.643 e. The van der Waals surface area contributed by atoms with Crippen molar-refractivity contribution in [3.05, 3.63) is 58.1 Å². The minimum Gasteiger partial charge on any atom is -0.643 e. The summed E-state index contributed by atoms with van der Waals surface area (Å²) in [5.41, 5.74) is 4.70. The number of rotatable bonds is 3. The van der Waals surface area contributed by atoms with Gasteiger partial charge in [0.2, 0.25) is 0 Å². The molecule has 0 aromatic heterocycles. The summed E-state index contributed by atoms with van der Waals surface area (Å²) in [7, 11) is 0. The third kappa shape index (κ3) is 7.67. The van der Waals surface area contributed by atoms with Gasteiger partial charge in [0.05, 0.1) is 0 Å². The topological polar surface area (TPSA) is 48.1 Å². The van der Waals surface area contributed by atoms with Crippen molar-refractivity contribution in [2.75, 3.05) is 0 Å². The molecular weight excluding hydrogens is 727 g/mol. The van der Waals surface area contributed by atoms with Gasteiger partial charge in [-0.1, -0.05) is 83.0 Å². The van der Waals surface area contributed by atoms with E-state index in [0.717, 1.165) is 55.4 Å². The molecule has 0 aromatic carbocycles. The Bertz CT molecular complexity index is 1390. The summed E-state index contributed by atoms with van der Waals surface area (Å²) in [6, 6.07) is 0.0109. The van der Waals surface area contributed by atoms with Crippen molar-refractivity contribution in [1.82, 2.24) is 0 Å². The van der Waals surface area contributed by atoms with Crippen LogP contribution in [0.3, 0.4) is 0 Å². The predicted octanol–water partition coefficient (Wildman–Crippen LogP) is 9.95. The average Bonchev–Trinajstić information content (AvgIpc) is 3.57. The van der Waals surface area contributed by atoms with Crippen LogP contribution in [0.1, 0.15) is 119 Å². The molecule has 0 radical (unpaired) electrons. The SMILES string of the molecule is C[C@@H]1C=NC(C2=[C-]CCCC2)=CC1.[2H]C([2H])([2H])C1=NC2OC3=C([C@H]4CC=C5[C@H]([N-]4)S[C@H](C)[C@@H]5C([2H])([2H])C(C)(C)C)[CH-]CCC3C2CC1.[Ir+3]. The average molecular weight is 784 g/mol. The van der Waals surface area contributed by atoms with Crippen LogP contribution in [0.4, 0.5) is 0 Å². The van der Waals surface area contributed by atoms with E-state index in [1.165, 1.54) is 30.5 Å². The zero-order valence-electron chi connectivity index (χ0n) is 31.5. The van der Waals surface area contributed by atoms with E-state index < -0.39 is 18.6 Å². The molecule has 0 bridgehead atoms. The maximum absolute atomic E-state index is 8.91. The normalized spacial score (nSPS) is 39.0. The molecule has 7 rings (SSSR count). The first-order valence-electron chi connectivity index (χ1n) is 18.9. The van der Waals surface area contributed by atoms with Gasteiger partial charge in [-0.25, -0.2) is 6.42 Å². The molecule has 6 heteroatoms. The van der Waals surface area contributed by atoms with E-state index in [4.69, 9.17) is 16.9 Å². The van der Waals surface area contributed by atoms with Crippen LogP contribution in [0.5, 0.6) is 0 Å². The second-order valence-electron chi connectivity index (χ2n) is 14.1. The molecular formula is C37H52IrN3OS. The zero-order valence-corrected chi connectivity index (χ0v) is 29.7. The molecule has 0 N–H and O–H groups in total. The summed E-state index contributed by atoms with van der Waals surface area (Å²) < 4.78 is 47.4. The molecule has 0 aromatic rings. The van der Waals surface area contributed by atoms with Gasteiger partial charge in [-0.3, -0.25) is 11.1 Å². The second kappa shape index (κ2) is 14.1. The van der Waals surface area contributed by atoms with Gasteiger partial charge in [-0.05, 0) is 74.1 Å². The quantitative estimate of drug-likeness (QED) is 0.212.